The van der Waals surface area contributed by atoms with Crippen LogP contribution in [0.1, 0.15) is 5.56 Å². The molecule has 1 aromatic rings. The molecule has 1 radical (unpaired) electrons. The lowest BCUT2D eigenvalue weighted by molar-refractivity contribution is -0.0555. The van der Waals surface area contributed by atoms with Gasteiger partial charge in [0.2, 0.25) is 5.88 Å². The van der Waals surface area contributed by atoms with Gasteiger partial charge < -0.3 is 4.74 Å². The number of alkyl halides is 2. The highest BCUT2D eigenvalue weighted by Gasteiger charge is 2.14. The molecule has 6 heteroatoms. The van der Waals surface area contributed by atoms with Crippen LogP contribution in [0.15, 0.2) is 0 Å². The maximum atomic E-state index is 11.7. The molecule has 0 aliphatic rings. The number of hydrogen-bond donors (Lipinski definition) is 0. The number of rotatable bonds is 2. The Morgan fingerprint density at radius 3 is 2.92 bits per heavy atom. The van der Waals surface area contributed by atoms with E-state index < -0.39 is 6.61 Å². The molecule has 1 aromatic heterocycles. The average Bonchev–Trinajstić information content (AvgIpc) is 2.32. The topological polar surface area (TPSA) is 50.8 Å². The first-order valence-electron chi connectivity index (χ1n) is 2.94. The second kappa shape index (κ2) is 3.17. The van der Waals surface area contributed by atoms with E-state index in [1.165, 1.54) is 7.05 Å². The molecule has 12 heavy (non-hydrogen) atoms. The Morgan fingerprint density at radius 1 is 1.75 bits per heavy atom. The summed E-state index contributed by atoms with van der Waals surface area (Å²) in [7, 11) is 1.38. The van der Waals surface area contributed by atoms with Crippen LogP contribution in [0.25, 0.3) is 0 Å². The maximum absolute atomic E-state index is 11.7. The van der Waals surface area contributed by atoms with Crippen molar-refractivity contribution in [1.29, 1.82) is 5.26 Å². The summed E-state index contributed by atoms with van der Waals surface area (Å²) in [6.45, 7) is -2.96. The van der Waals surface area contributed by atoms with Crippen molar-refractivity contribution < 1.29 is 13.5 Å². The zero-order valence-electron chi connectivity index (χ0n) is 6.08. The van der Waals surface area contributed by atoms with Gasteiger partial charge in [-0.3, -0.25) is 0 Å². The molecular weight excluding hydrogens is 168 g/mol. The quantitative estimate of drug-likeness (QED) is 0.659. The van der Waals surface area contributed by atoms with E-state index >= 15 is 0 Å². The summed E-state index contributed by atoms with van der Waals surface area (Å²) < 4.78 is 28.5. The lowest BCUT2D eigenvalue weighted by atomic mass is 10.4. The zero-order chi connectivity index (χ0) is 9.14. The third kappa shape index (κ3) is 1.50. The number of hydrogen-bond acceptors (Lipinski definition) is 3. The van der Waals surface area contributed by atoms with E-state index in [0.717, 1.165) is 4.68 Å². The number of aryl methyl sites for hydroxylation is 1. The highest BCUT2D eigenvalue weighted by atomic mass is 19.3. The summed E-state index contributed by atoms with van der Waals surface area (Å²) in [6, 6.07) is 1.62. The first kappa shape index (κ1) is 8.46. The van der Waals surface area contributed by atoms with E-state index in [1.54, 1.807) is 6.07 Å². The van der Waals surface area contributed by atoms with Gasteiger partial charge >= 0.3 is 6.61 Å². The van der Waals surface area contributed by atoms with Crippen LogP contribution in [-0.2, 0) is 7.05 Å². The molecule has 63 valence electrons. The Bertz CT molecular complexity index is 315. The number of halogens is 2. The minimum atomic E-state index is -2.96. The first-order chi connectivity index (χ1) is 5.65. The van der Waals surface area contributed by atoms with Gasteiger partial charge in [-0.2, -0.15) is 19.1 Å². The van der Waals surface area contributed by atoms with Gasteiger partial charge in [0.1, 0.15) is 17.8 Å². The van der Waals surface area contributed by atoms with Crippen LogP contribution in [0, 0.1) is 17.5 Å². The number of nitrogens with zero attached hydrogens (tertiary/aromatic N) is 3. The van der Waals surface area contributed by atoms with Crippen molar-refractivity contribution in [2.75, 3.05) is 0 Å². The summed E-state index contributed by atoms with van der Waals surface area (Å²) in [5.74, 6) is -0.271. The van der Waals surface area contributed by atoms with Crippen LogP contribution in [0.4, 0.5) is 8.78 Å². The molecule has 0 aliphatic carbocycles. The standard InChI is InChI=1S/C6H4F2N3O/c1-11-5(12-6(7)8)4(2-9)3-10-11/h6H,1H3. The molecule has 1 heterocycles. The van der Waals surface area contributed by atoms with E-state index in [4.69, 9.17) is 5.26 Å². The summed E-state index contributed by atoms with van der Waals surface area (Å²) in [5.41, 5.74) is -0.127. The van der Waals surface area contributed by atoms with Crippen molar-refractivity contribution in [3.8, 4) is 11.9 Å². The van der Waals surface area contributed by atoms with Crippen LogP contribution in [0.3, 0.4) is 0 Å². The Balaban J connectivity index is 2.96. The molecule has 0 fully saturated rings. The van der Waals surface area contributed by atoms with Crippen molar-refractivity contribution in [1.82, 2.24) is 9.78 Å². The second-order valence-corrected chi connectivity index (χ2v) is 1.91. The van der Waals surface area contributed by atoms with Gasteiger partial charge in [0.25, 0.3) is 0 Å². The fourth-order valence-corrected chi connectivity index (χ4v) is 0.672. The molecule has 0 saturated carbocycles. The molecule has 0 bridgehead atoms. The van der Waals surface area contributed by atoms with Gasteiger partial charge in [-0.25, -0.2) is 4.68 Å². The van der Waals surface area contributed by atoms with Gasteiger partial charge in [-0.05, 0) is 0 Å². The predicted molar refractivity (Wildman–Crippen MR) is 33.4 cm³/mol. The fourth-order valence-electron chi connectivity index (χ4n) is 0.672. The van der Waals surface area contributed by atoms with E-state index in [-0.39, 0.29) is 11.4 Å². The van der Waals surface area contributed by atoms with Crippen molar-refractivity contribution in [3.63, 3.8) is 0 Å². The van der Waals surface area contributed by atoms with E-state index in [1.807, 2.05) is 0 Å². The van der Waals surface area contributed by atoms with Crippen LogP contribution in [0.2, 0.25) is 0 Å². The molecule has 1 rings (SSSR count). The maximum Gasteiger partial charge on any atom is 0.388 e. The molecule has 0 aromatic carbocycles. The highest BCUT2D eigenvalue weighted by Crippen LogP contribution is 2.17. The fraction of sp³-hybridized carbons (Fsp3) is 0.333. The molecule has 0 saturated heterocycles. The summed E-state index contributed by atoms with van der Waals surface area (Å²) in [4.78, 5) is 0. The van der Waals surface area contributed by atoms with E-state index in [2.05, 4.69) is 16.0 Å². The smallest absolute Gasteiger partial charge is 0.388 e. The lowest BCUT2D eigenvalue weighted by Gasteiger charge is -2.03. The zero-order valence-corrected chi connectivity index (χ0v) is 6.08. The second-order valence-electron chi connectivity index (χ2n) is 1.91. The summed E-state index contributed by atoms with van der Waals surface area (Å²) >= 11 is 0. The van der Waals surface area contributed by atoms with Gasteiger partial charge in [0.15, 0.2) is 0 Å². The molecule has 0 amide bonds. The minimum Gasteiger partial charge on any atom is -0.416 e. The Hall–Kier alpha value is -1.64. The number of aromatic nitrogens is 2. The molecule has 4 nitrogen and oxygen atoms in total. The molecule has 0 atom stereocenters. The predicted octanol–water partition coefficient (Wildman–Crippen LogP) is 0.693. The number of nitriles is 1. The minimum absolute atomic E-state index is 0.127. The van der Waals surface area contributed by atoms with Crippen LogP contribution >= 0.6 is 0 Å². The SMILES string of the molecule is Cn1n[c]c(C#N)c1OC(F)F. The monoisotopic (exact) mass is 172 g/mol. The van der Waals surface area contributed by atoms with Crippen LogP contribution in [0.5, 0.6) is 5.88 Å². The van der Waals surface area contributed by atoms with E-state index in [0.29, 0.717) is 0 Å². The average molecular weight is 172 g/mol. The molecule has 0 aliphatic heterocycles. The van der Waals surface area contributed by atoms with Gasteiger partial charge in [-0.15, -0.1) is 0 Å². The van der Waals surface area contributed by atoms with Gasteiger partial charge in [-0.1, -0.05) is 0 Å². The summed E-state index contributed by atoms with van der Waals surface area (Å²) in [6.07, 6.45) is 2.22. The molecular formula is C6H4F2N3O. The molecule has 0 spiro atoms. The molecule has 0 N–H and O–H groups in total. The third-order valence-corrected chi connectivity index (χ3v) is 1.13. The van der Waals surface area contributed by atoms with Crippen molar-refractivity contribution >= 4 is 0 Å². The highest BCUT2D eigenvalue weighted by molar-refractivity contribution is 5.35. The summed E-state index contributed by atoms with van der Waals surface area (Å²) in [5, 5.41) is 11.8. The van der Waals surface area contributed by atoms with Gasteiger partial charge in [0, 0.05) is 7.05 Å². The first-order valence-corrected chi connectivity index (χ1v) is 2.94. The molecule has 0 unspecified atom stereocenters. The van der Waals surface area contributed by atoms with Crippen molar-refractivity contribution in [3.05, 3.63) is 11.8 Å². The van der Waals surface area contributed by atoms with E-state index in [9.17, 15) is 8.78 Å². The Kier molecular flexibility index (Phi) is 2.24. The van der Waals surface area contributed by atoms with Crippen molar-refractivity contribution in [2.24, 2.45) is 7.05 Å². The van der Waals surface area contributed by atoms with Gasteiger partial charge in [0.05, 0.1) is 0 Å². The number of ether oxygens (including phenoxy) is 1. The Labute approximate surface area is 67.0 Å². The van der Waals surface area contributed by atoms with Crippen LogP contribution in [-0.4, -0.2) is 16.4 Å². The van der Waals surface area contributed by atoms with Crippen molar-refractivity contribution in [2.45, 2.75) is 6.61 Å². The van der Waals surface area contributed by atoms with Crippen LogP contribution < -0.4 is 4.74 Å². The normalized spacial score (nSPS) is 9.92. The largest absolute Gasteiger partial charge is 0.416 e. The Morgan fingerprint density at radius 2 is 2.42 bits per heavy atom. The third-order valence-electron chi connectivity index (χ3n) is 1.13. The lowest BCUT2D eigenvalue weighted by Crippen LogP contribution is -2.07.